The molecule has 0 unspecified atom stereocenters. The van der Waals surface area contributed by atoms with Crippen LogP contribution < -0.4 is 0 Å². The summed E-state index contributed by atoms with van der Waals surface area (Å²) in [6.07, 6.45) is -4.90. The maximum atomic E-state index is 12.2. The largest absolute Gasteiger partial charge is 0.481 e. The predicted octanol–water partition coefficient (Wildman–Crippen LogP) is 2.13. The standard InChI is InChI=1S/C9H11F3N2O3/c1-8(2,4-6(15)16)3-5-13-14-7(17-5)9(10,11)12/h3-4H2,1-2H3,(H,15,16). The van der Waals surface area contributed by atoms with Crippen molar-refractivity contribution in [1.29, 1.82) is 0 Å². The number of alkyl halides is 3. The van der Waals surface area contributed by atoms with Gasteiger partial charge in [0.1, 0.15) is 0 Å². The smallest absolute Gasteiger partial charge is 0.470 e. The Kier molecular flexibility index (Phi) is 3.44. The van der Waals surface area contributed by atoms with E-state index >= 15 is 0 Å². The van der Waals surface area contributed by atoms with E-state index in [0.717, 1.165) is 0 Å². The Labute approximate surface area is 94.6 Å². The zero-order valence-corrected chi connectivity index (χ0v) is 9.21. The van der Waals surface area contributed by atoms with Gasteiger partial charge < -0.3 is 9.52 Å². The molecule has 0 spiro atoms. The van der Waals surface area contributed by atoms with Crippen LogP contribution in [0.4, 0.5) is 13.2 Å². The van der Waals surface area contributed by atoms with E-state index in [1.807, 2.05) is 0 Å². The molecule has 1 heterocycles. The molecule has 96 valence electrons. The molecule has 0 aliphatic heterocycles. The van der Waals surface area contributed by atoms with E-state index in [-0.39, 0.29) is 18.7 Å². The molecule has 0 aromatic carbocycles. The highest BCUT2D eigenvalue weighted by Crippen LogP contribution is 2.30. The Morgan fingerprint density at radius 2 is 1.94 bits per heavy atom. The van der Waals surface area contributed by atoms with Gasteiger partial charge in [0.25, 0.3) is 0 Å². The summed E-state index contributed by atoms with van der Waals surface area (Å²) in [7, 11) is 0. The van der Waals surface area contributed by atoms with Crippen LogP contribution >= 0.6 is 0 Å². The summed E-state index contributed by atoms with van der Waals surface area (Å²) < 4.78 is 40.9. The highest BCUT2D eigenvalue weighted by Gasteiger charge is 2.38. The summed E-state index contributed by atoms with van der Waals surface area (Å²) in [5, 5.41) is 14.7. The lowest BCUT2D eigenvalue weighted by molar-refractivity contribution is -0.157. The van der Waals surface area contributed by atoms with Gasteiger partial charge in [-0.3, -0.25) is 4.79 Å². The Morgan fingerprint density at radius 3 is 2.35 bits per heavy atom. The molecule has 1 aromatic rings. The van der Waals surface area contributed by atoms with Crippen molar-refractivity contribution in [2.45, 2.75) is 32.9 Å². The van der Waals surface area contributed by atoms with Crippen LogP contribution in [-0.4, -0.2) is 21.3 Å². The maximum absolute atomic E-state index is 12.2. The van der Waals surface area contributed by atoms with Crippen LogP contribution in [0.25, 0.3) is 0 Å². The van der Waals surface area contributed by atoms with Crippen LogP contribution in [0.5, 0.6) is 0 Å². The van der Waals surface area contributed by atoms with Crippen molar-refractivity contribution < 1.29 is 27.5 Å². The molecular weight excluding hydrogens is 241 g/mol. The van der Waals surface area contributed by atoms with Crippen molar-refractivity contribution >= 4 is 5.97 Å². The number of halogens is 3. The third-order valence-corrected chi connectivity index (χ3v) is 1.97. The number of rotatable bonds is 4. The van der Waals surface area contributed by atoms with Crippen LogP contribution in [0, 0.1) is 5.41 Å². The molecule has 0 aliphatic rings. The van der Waals surface area contributed by atoms with Gasteiger partial charge in [-0.05, 0) is 5.41 Å². The number of aliphatic carboxylic acids is 1. The van der Waals surface area contributed by atoms with E-state index in [2.05, 4.69) is 14.6 Å². The van der Waals surface area contributed by atoms with Gasteiger partial charge in [0.05, 0.1) is 6.42 Å². The topological polar surface area (TPSA) is 76.2 Å². The lowest BCUT2D eigenvalue weighted by Gasteiger charge is -2.19. The first-order valence-electron chi connectivity index (χ1n) is 4.71. The fourth-order valence-electron chi connectivity index (χ4n) is 1.32. The summed E-state index contributed by atoms with van der Waals surface area (Å²) in [6.45, 7) is 3.19. The molecule has 0 saturated heterocycles. The summed E-state index contributed by atoms with van der Waals surface area (Å²) >= 11 is 0. The van der Waals surface area contributed by atoms with Crippen molar-refractivity contribution in [3.63, 3.8) is 0 Å². The molecule has 0 saturated carbocycles. The molecule has 17 heavy (non-hydrogen) atoms. The summed E-state index contributed by atoms with van der Waals surface area (Å²) in [6, 6.07) is 0. The number of carbonyl (C=O) groups is 1. The molecule has 0 amide bonds. The average molecular weight is 252 g/mol. The number of carboxylic acids is 1. The maximum Gasteiger partial charge on any atom is 0.470 e. The first-order valence-corrected chi connectivity index (χ1v) is 4.71. The third-order valence-electron chi connectivity index (χ3n) is 1.97. The van der Waals surface area contributed by atoms with Gasteiger partial charge in [-0.1, -0.05) is 13.8 Å². The second kappa shape index (κ2) is 4.34. The molecule has 0 fully saturated rings. The van der Waals surface area contributed by atoms with Gasteiger partial charge in [0.2, 0.25) is 5.89 Å². The van der Waals surface area contributed by atoms with Crippen LogP contribution in [0.2, 0.25) is 0 Å². The summed E-state index contributed by atoms with van der Waals surface area (Å²) in [4.78, 5) is 10.5. The van der Waals surface area contributed by atoms with E-state index in [1.54, 1.807) is 13.8 Å². The summed E-state index contributed by atoms with van der Waals surface area (Å²) in [5.41, 5.74) is -0.749. The number of hydrogen-bond acceptors (Lipinski definition) is 4. The SMILES string of the molecule is CC(C)(CC(=O)O)Cc1nnc(C(F)(F)F)o1. The van der Waals surface area contributed by atoms with Crippen LogP contribution in [-0.2, 0) is 17.4 Å². The fourth-order valence-corrected chi connectivity index (χ4v) is 1.32. The molecule has 1 aromatic heterocycles. The minimum Gasteiger partial charge on any atom is -0.481 e. The normalized spacial score (nSPS) is 12.8. The van der Waals surface area contributed by atoms with Gasteiger partial charge in [-0.25, -0.2) is 0 Å². The number of carboxylic acid groups (broad SMARTS) is 1. The van der Waals surface area contributed by atoms with Crippen molar-refractivity contribution in [1.82, 2.24) is 10.2 Å². The Hall–Kier alpha value is -1.60. The van der Waals surface area contributed by atoms with Crippen molar-refractivity contribution in [3.8, 4) is 0 Å². The van der Waals surface area contributed by atoms with Gasteiger partial charge in [0.15, 0.2) is 0 Å². The Balaban J connectivity index is 2.76. The molecule has 0 aliphatic carbocycles. The Bertz CT molecular complexity index is 412. The van der Waals surface area contributed by atoms with Crippen LogP contribution in [0.3, 0.4) is 0 Å². The van der Waals surface area contributed by atoms with E-state index in [1.165, 1.54) is 0 Å². The quantitative estimate of drug-likeness (QED) is 0.888. The van der Waals surface area contributed by atoms with Gasteiger partial charge >= 0.3 is 18.0 Å². The lowest BCUT2D eigenvalue weighted by Crippen LogP contribution is -2.19. The van der Waals surface area contributed by atoms with Crippen LogP contribution in [0.15, 0.2) is 4.42 Å². The second-order valence-corrected chi connectivity index (χ2v) is 4.41. The van der Waals surface area contributed by atoms with E-state index in [0.29, 0.717) is 0 Å². The van der Waals surface area contributed by atoms with E-state index in [9.17, 15) is 18.0 Å². The fraction of sp³-hybridized carbons (Fsp3) is 0.667. The zero-order valence-electron chi connectivity index (χ0n) is 9.21. The summed E-state index contributed by atoms with van der Waals surface area (Å²) in [5.74, 6) is -2.67. The van der Waals surface area contributed by atoms with Crippen molar-refractivity contribution in [2.75, 3.05) is 0 Å². The molecule has 0 bridgehead atoms. The van der Waals surface area contributed by atoms with Gasteiger partial charge in [-0.2, -0.15) is 13.2 Å². The minimum absolute atomic E-state index is 0.0254. The van der Waals surface area contributed by atoms with Gasteiger partial charge in [0, 0.05) is 6.42 Å². The molecule has 1 N–H and O–H groups in total. The van der Waals surface area contributed by atoms with Crippen LogP contribution in [0.1, 0.15) is 32.0 Å². The number of nitrogens with zero attached hydrogens (tertiary/aromatic N) is 2. The Morgan fingerprint density at radius 1 is 1.35 bits per heavy atom. The number of aromatic nitrogens is 2. The van der Waals surface area contributed by atoms with E-state index < -0.39 is 23.5 Å². The first-order chi connectivity index (χ1) is 7.60. The number of hydrogen-bond donors (Lipinski definition) is 1. The molecule has 5 nitrogen and oxygen atoms in total. The van der Waals surface area contributed by atoms with Gasteiger partial charge in [-0.15, -0.1) is 10.2 Å². The zero-order chi connectivity index (χ0) is 13.3. The molecule has 1 rings (SSSR count). The highest BCUT2D eigenvalue weighted by molar-refractivity contribution is 5.67. The minimum atomic E-state index is -4.68. The van der Waals surface area contributed by atoms with E-state index in [4.69, 9.17) is 5.11 Å². The molecular formula is C9H11F3N2O3. The predicted molar refractivity (Wildman–Crippen MR) is 49.0 cm³/mol. The molecule has 0 radical (unpaired) electrons. The monoisotopic (exact) mass is 252 g/mol. The first kappa shape index (κ1) is 13.5. The third kappa shape index (κ3) is 4.04. The highest BCUT2D eigenvalue weighted by atomic mass is 19.4. The lowest BCUT2D eigenvalue weighted by atomic mass is 9.86. The van der Waals surface area contributed by atoms with Crippen molar-refractivity contribution in [3.05, 3.63) is 11.8 Å². The second-order valence-electron chi connectivity index (χ2n) is 4.41. The average Bonchev–Trinajstić information content (AvgIpc) is 2.47. The molecule has 8 heteroatoms. The van der Waals surface area contributed by atoms with Crippen molar-refractivity contribution in [2.24, 2.45) is 5.41 Å². The molecule has 0 atom stereocenters.